The SMILES string of the molecule is C=CCNC(=O)N(Cc1ccc(F)cc1)c1cccc(CC(=O)NCC2CC2)c1. The third-order valence-electron chi connectivity index (χ3n) is 4.77. The Balaban J connectivity index is 1.74. The van der Waals surface area contributed by atoms with Crippen molar-refractivity contribution >= 4 is 17.6 Å². The average Bonchev–Trinajstić information content (AvgIpc) is 3.55. The van der Waals surface area contributed by atoms with Gasteiger partial charge in [0.25, 0.3) is 0 Å². The summed E-state index contributed by atoms with van der Waals surface area (Å²) in [5.41, 5.74) is 2.30. The van der Waals surface area contributed by atoms with E-state index in [4.69, 9.17) is 0 Å². The molecule has 0 aromatic heterocycles. The largest absolute Gasteiger partial charge is 0.356 e. The highest BCUT2D eigenvalue weighted by Crippen LogP contribution is 2.27. The maximum atomic E-state index is 13.2. The van der Waals surface area contributed by atoms with Crippen molar-refractivity contribution in [1.82, 2.24) is 10.6 Å². The van der Waals surface area contributed by atoms with Gasteiger partial charge in [-0.2, -0.15) is 0 Å². The number of hydrogen-bond acceptors (Lipinski definition) is 2. The van der Waals surface area contributed by atoms with Crippen molar-refractivity contribution in [2.45, 2.75) is 25.8 Å². The number of carbonyl (C=O) groups is 2. The second-order valence-electron chi connectivity index (χ2n) is 7.28. The van der Waals surface area contributed by atoms with Crippen molar-refractivity contribution in [3.8, 4) is 0 Å². The first-order valence-electron chi connectivity index (χ1n) is 9.81. The highest BCUT2D eigenvalue weighted by atomic mass is 19.1. The molecule has 0 saturated heterocycles. The van der Waals surface area contributed by atoms with Crippen LogP contribution in [0.4, 0.5) is 14.9 Å². The van der Waals surface area contributed by atoms with Gasteiger partial charge in [-0.1, -0.05) is 30.3 Å². The van der Waals surface area contributed by atoms with E-state index in [9.17, 15) is 14.0 Å². The van der Waals surface area contributed by atoms with E-state index in [1.54, 1.807) is 23.1 Å². The summed E-state index contributed by atoms with van der Waals surface area (Å²) in [6.07, 6.45) is 4.25. The fourth-order valence-electron chi connectivity index (χ4n) is 2.97. The van der Waals surface area contributed by atoms with Gasteiger partial charge < -0.3 is 10.6 Å². The summed E-state index contributed by atoms with van der Waals surface area (Å²) in [5, 5.41) is 5.74. The third-order valence-corrected chi connectivity index (χ3v) is 4.77. The number of rotatable bonds is 9. The molecule has 0 atom stereocenters. The number of urea groups is 1. The van der Waals surface area contributed by atoms with E-state index in [2.05, 4.69) is 17.2 Å². The van der Waals surface area contributed by atoms with Gasteiger partial charge in [0.2, 0.25) is 5.91 Å². The Kier molecular flexibility index (Phi) is 7.00. The summed E-state index contributed by atoms with van der Waals surface area (Å²) in [5.74, 6) is 0.288. The molecule has 0 unspecified atom stereocenters. The van der Waals surface area contributed by atoms with Gasteiger partial charge in [-0.05, 0) is 54.2 Å². The van der Waals surface area contributed by atoms with Crippen LogP contribution in [0.5, 0.6) is 0 Å². The first-order valence-corrected chi connectivity index (χ1v) is 9.81. The van der Waals surface area contributed by atoms with Crippen molar-refractivity contribution in [2.24, 2.45) is 5.92 Å². The number of benzene rings is 2. The average molecular weight is 395 g/mol. The summed E-state index contributed by atoms with van der Waals surface area (Å²) >= 11 is 0. The highest BCUT2D eigenvalue weighted by molar-refractivity contribution is 5.92. The molecular weight excluding hydrogens is 369 g/mol. The molecule has 2 N–H and O–H groups in total. The number of nitrogens with one attached hydrogen (secondary N) is 2. The molecule has 1 aliphatic rings. The van der Waals surface area contributed by atoms with Gasteiger partial charge in [-0.15, -0.1) is 6.58 Å². The molecule has 0 aliphatic heterocycles. The molecule has 6 heteroatoms. The number of carbonyl (C=O) groups excluding carboxylic acids is 2. The smallest absolute Gasteiger partial charge is 0.322 e. The number of halogens is 1. The monoisotopic (exact) mass is 395 g/mol. The Hall–Kier alpha value is -3.15. The number of nitrogens with zero attached hydrogens (tertiary/aromatic N) is 1. The minimum absolute atomic E-state index is 0.0183. The normalized spacial score (nSPS) is 12.9. The number of anilines is 1. The first-order chi connectivity index (χ1) is 14.0. The van der Waals surface area contributed by atoms with E-state index in [0.717, 1.165) is 17.7 Å². The van der Waals surface area contributed by atoms with Crippen molar-refractivity contribution in [3.05, 3.63) is 78.1 Å². The lowest BCUT2D eigenvalue weighted by Gasteiger charge is -2.24. The zero-order chi connectivity index (χ0) is 20.6. The van der Waals surface area contributed by atoms with E-state index in [1.807, 2.05) is 24.3 Å². The van der Waals surface area contributed by atoms with E-state index < -0.39 is 0 Å². The predicted molar refractivity (Wildman–Crippen MR) is 112 cm³/mol. The van der Waals surface area contributed by atoms with Crippen LogP contribution in [0.2, 0.25) is 0 Å². The summed E-state index contributed by atoms with van der Waals surface area (Å²) in [6.45, 7) is 4.97. The minimum Gasteiger partial charge on any atom is -0.356 e. The second kappa shape index (κ2) is 9.87. The van der Waals surface area contributed by atoms with Crippen LogP contribution in [0.25, 0.3) is 0 Å². The summed E-state index contributed by atoms with van der Waals surface area (Å²) in [6, 6.07) is 13.1. The summed E-state index contributed by atoms with van der Waals surface area (Å²) in [7, 11) is 0. The molecule has 2 aromatic carbocycles. The topological polar surface area (TPSA) is 61.4 Å². The molecule has 1 saturated carbocycles. The Morgan fingerprint density at radius 2 is 1.86 bits per heavy atom. The highest BCUT2D eigenvalue weighted by Gasteiger charge is 2.22. The van der Waals surface area contributed by atoms with Crippen molar-refractivity contribution < 1.29 is 14.0 Å². The molecule has 152 valence electrons. The van der Waals surface area contributed by atoms with Gasteiger partial charge in [0, 0.05) is 18.8 Å². The molecule has 3 amide bonds. The fourth-order valence-corrected chi connectivity index (χ4v) is 2.97. The van der Waals surface area contributed by atoms with Crippen LogP contribution in [0, 0.1) is 11.7 Å². The zero-order valence-corrected chi connectivity index (χ0v) is 16.4. The van der Waals surface area contributed by atoms with Crippen LogP contribution < -0.4 is 15.5 Å². The molecule has 1 aliphatic carbocycles. The van der Waals surface area contributed by atoms with E-state index in [-0.39, 0.29) is 30.7 Å². The third kappa shape index (κ3) is 6.45. The number of hydrogen-bond donors (Lipinski definition) is 2. The Morgan fingerprint density at radius 1 is 1.10 bits per heavy atom. The van der Waals surface area contributed by atoms with Crippen molar-refractivity contribution in [1.29, 1.82) is 0 Å². The molecule has 1 fully saturated rings. The van der Waals surface area contributed by atoms with Gasteiger partial charge in [-0.3, -0.25) is 9.69 Å². The maximum Gasteiger partial charge on any atom is 0.322 e. The summed E-state index contributed by atoms with van der Waals surface area (Å²) < 4.78 is 13.2. The molecule has 29 heavy (non-hydrogen) atoms. The Labute approximate surface area is 170 Å². The molecule has 0 heterocycles. The van der Waals surface area contributed by atoms with Crippen LogP contribution in [0.15, 0.2) is 61.2 Å². The molecule has 0 bridgehead atoms. The first kappa shape index (κ1) is 20.6. The molecule has 0 radical (unpaired) electrons. The second-order valence-corrected chi connectivity index (χ2v) is 7.28. The molecule has 3 rings (SSSR count). The van der Waals surface area contributed by atoms with Crippen LogP contribution in [-0.2, 0) is 17.8 Å². The van der Waals surface area contributed by atoms with Gasteiger partial charge >= 0.3 is 6.03 Å². The Morgan fingerprint density at radius 3 is 2.55 bits per heavy atom. The lowest BCUT2D eigenvalue weighted by atomic mass is 10.1. The molecular formula is C23H26FN3O2. The van der Waals surface area contributed by atoms with E-state index >= 15 is 0 Å². The van der Waals surface area contributed by atoms with Gasteiger partial charge in [0.1, 0.15) is 5.82 Å². The lowest BCUT2D eigenvalue weighted by molar-refractivity contribution is -0.120. The Bertz CT molecular complexity index is 863. The summed E-state index contributed by atoms with van der Waals surface area (Å²) in [4.78, 5) is 26.5. The predicted octanol–water partition coefficient (Wildman–Crippen LogP) is 3.80. The van der Waals surface area contributed by atoms with Gasteiger partial charge in [0.15, 0.2) is 0 Å². The van der Waals surface area contributed by atoms with Crippen molar-refractivity contribution in [2.75, 3.05) is 18.0 Å². The quantitative estimate of drug-likeness (QED) is 0.635. The molecule has 5 nitrogen and oxygen atoms in total. The maximum absolute atomic E-state index is 13.2. The van der Waals surface area contributed by atoms with Crippen LogP contribution in [0.1, 0.15) is 24.0 Å². The van der Waals surface area contributed by atoms with E-state index in [0.29, 0.717) is 18.2 Å². The standard InChI is InChI=1S/C23H26FN3O2/c1-2-12-25-23(29)27(16-18-8-10-20(24)11-9-18)21-5-3-4-19(13-21)14-22(28)26-15-17-6-7-17/h2-5,8-11,13,17H,1,6-7,12,14-16H2,(H,25,29)(H,26,28). The number of amides is 3. The van der Waals surface area contributed by atoms with Crippen LogP contribution in [0.3, 0.4) is 0 Å². The van der Waals surface area contributed by atoms with Gasteiger partial charge in [-0.25, -0.2) is 9.18 Å². The van der Waals surface area contributed by atoms with Gasteiger partial charge in [0.05, 0.1) is 13.0 Å². The minimum atomic E-state index is -0.324. The molecule has 0 spiro atoms. The molecule has 2 aromatic rings. The zero-order valence-electron chi connectivity index (χ0n) is 16.4. The van der Waals surface area contributed by atoms with Crippen LogP contribution >= 0.6 is 0 Å². The van der Waals surface area contributed by atoms with Crippen molar-refractivity contribution in [3.63, 3.8) is 0 Å². The van der Waals surface area contributed by atoms with Crippen LogP contribution in [-0.4, -0.2) is 25.0 Å². The fraction of sp³-hybridized carbons (Fsp3) is 0.304. The lowest BCUT2D eigenvalue weighted by Crippen LogP contribution is -2.39. The van der Waals surface area contributed by atoms with E-state index in [1.165, 1.54) is 25.0 Å².